The summed E-state index contributed by atoms with van der Waals surface area (Å²) in [6, 6.07) is 13.0. The van der Waals surface area contributed by atoms with E-state index in [1.807, 2.05) is 30.3 Å². The average molecular weight is 433 g/mol. The van der Waals surface area contributed by atoms with Crippen molar-refractivity contribution in [3.8, 4) is 5.75 Å². The Labute approximate surface area is 168 Å². The van der Waals surface area contributed by atoms with E-state index in [1.165, 1.54) is 7.05 Å². The normalized spacial score (nSPS) is 14.1. The molecule has 144 valence electrons. The lowest BCUT2D eigenvalue weighted by atomic mass is 9.97. The van der Waals surface area contributed by atoms with Crippen LogP contribution in [0.25, 0.3) is 0 Å². The van der Waals surface area contributed by atoms with Crippen molar-refractivity contribution in [2.45, 2.75) is 12.8 Å². The number of nitrogens with two attached hydrogens (primary N) is 1. The minimum Gasteiger partial charge on any atom is -0.493 e. The second kappa shape index (κ2) is 10.8. The molecule has 1 saturated heterocycles. The third-order valence-corrected chi connectivity index (χ3v) is 5.30. The summed E-state index contributed by atoms with van der Waals surface area (Å²) in [6.07, 6.45) is 3.79. The minimum absolute atomic E-state index is 0.494. The molecule has 1 aliphatic heterocycles. The predicted octanol–water partition coefficient (Wildman–Crippen LogP) is 3.94. The summed E-state index contributed by atoms with van der Waals surface area (Å²) < 4.78 is 6.69. The van der Waals surface area contributed by atoms with Crippen molar-refractivity contribution >= 4 is 34.2 Å². The van der Waals surface area contributed by atoms with Gasteiger partial charge in [-0.05, 0) is 78.1 Å². The van der Waals surface area contributed by atoms with Crippen LogP contribution in [0.3, 0.4) is 0 Å². The summed E-state index contributed by atoms with van der Waals surface area (Å²) in [4.78, 5) is 24.3. The topological polar surface area (TPSA) is 72.6 Å². The maximum atomic E-state index is 11.4. The lowest BCUT2D eigenvalue weighted by Crippen LogP contribution is -2.36. The highest BCUT2D eigenvalue weighted by molar-refractivity contribution is 9.10. The van der Waals surface area contributed by atoms with E-state index in [4.69, 9.17) is 4.74 Å². The van der Waals surface area contributed by atoms with Crippen LogP contribution in [0.1, 0.15) is 33.6 Å². The van der Waals surface area contributed by atoms with Crippen LogP contribution in [0.2, 0.25) is 0 Å². The molecule has 0 amide bonds. The first-order valence-electron chi connectivity index (χ1n) is 8.95. The molecule has 0 bridgehead atoms. The molecule has 1 aliphatic rings. The molecule has 27 heavy (non-hydrogen) atoms. The fourth-order valence-corrected chi connectivity index (χ4v) is 3.56. The molecule has 5 nitrogen and oxygen atoms in total. The van der Waals surface area contributed by atoms with Crippen LogP contribution in [0.5, 0.6) is 5.75 Å². The molecule has 2 aromatic rings. The summed E-state index contributed by atoms with van der Waals surface area (Å²) >= 11 is 3.45. The number of carbonyl (C=O) groups is 2. The molecule has 0 aliphatic carbocycles. The standard InChI is InChI=1S/C20H20BrNO3.CH5N/c21-19-2-1-3-20(18(19)13-24)22-10-8-16(9-11-22)14-25-17-6-4-15(12-23)5-7-17;1-2/h1-7,12-13,16H,8-11,14H2;2H2,1H3. The van der Waals surface area contributed by atoms with Crippen LogP contribution in [0.15, 0.2) is 46.9 Å². The second-order valence-electron chi connectivity index (χ2n) is 6.22. The molecule has 0 unspecified atom stereocenters. The summed E-state index contributed by atoms with van der Waals surface area (Å²) in [5, 5.41) is 0. The van der Waals surface area contributed by atoms with E-state index in [1.54, 1.807) is 12.1 Å². The number of aldehydes is 2. The quantitative estimate of drug-likeness (QED) is 0.699. The number of hydrogen-bond acceptors (Lipinski definition) is 5. The fraction of sp³-hybridized carbons (Fsp3) is 0.333. The monoisotopic (exact) mass is 432 g/mol. The molecular formula is C21H25BrN2O3. The van der Waals surface area contributed by atoms with E-state index in [9.17, 15) is 9.59 Å². The van der Waals surface area contributed by atoms with Crippen molar-refractivity contribution in [3.05, 3.63) is 58.1 Å². The van der Waals surface area contributed by atoms with Crippen molar-refractivity contribution in [1.82, 2.24) is 0 Å². The van der Waals surface area contributed by atoms with Crippen molar-refractivity contribution in [3.63, 3.8) is 0 Å². The van der Waals surface area contributed by atoms with Gasteiger partial charge in [-0.15, -0.1) is 0 Å². The summed E-state index contributed by atoms with van der Waals surface area (Å²) in [6.45, 7) is 2.50. The number of anilines is 1. The Morgan fingerprint density at radius 2 is 1.74 bits per heavy atom. The van der Waals surface area contributed by atoms with E-state index >= 15 is 0 Å². The molecule has 1 fully saturated rings. The van der Waals surface area contributed by atoms with Crippen molar-refractivity contribution in [2.24, 2.45) is 11.7 Å². The Kier molecular flexibility index (Phi) is 8.48. The Morgan fingerprint density at radius 1 is 1.07 bits per heavy atom. The van der Waals surface area contributed by atoms with E-state index in [0.717, 1.165) is 54.4 Å². The third-order valence-electron chi connectivity index (χ3n) is 4.60. The van der Waals surface area contributed by atoms with Gasteiger partial charge in [-0.1, -0.05) is 6.07 Å². The predicted molar refractivity (Wildman–Crippen MR) is 112 cm³/mol. The zero-order chi connectivity index (χ0) is 19.6. The largest absolute Gasteiger partial charge is 0.493 e. The number of nitrogens with zero attached hydrogens (tertiary/aromatic N) is 1. The number of rotatable bonds is 6. The van der Waals surface area contributed by atoms with Crippen LogP contribution < -0.4 is 15.4 Å². The summed E-state index contributed by atoms with van der Waals surface area (Å²) in [5.74, 6) is 1.29. The molecule has 0 aromatic heterocycles. The van der Waals surface area contributed by atoms with Gasteiger partial charge in [0.15, 0.2) is 6.29 Å². The van der Waals surface area contributed by atoms with Gasteiger partial charge in [-0.3, -0.25) is 9.59 Å². The molecule has 6 heteroatoms. The van der Waals surface area contributed by atoms with Gasteiger partial charge in [0.2, 0.25) is 0 Å². The lowest BCUT2D eigenvalue weighted by molar-refractivity contribution is 0.111. The van der Waals surface area contributed by atoms with E-state index in [2.05, 4.69) is 26.6 Å². The van der Waals surface area contributed by atoms with Gasteiger partial charge in [0.1, 0.15) is 12.0 Å². The maximum Gasteiger partial charge on any atom is 0.153 e. The number of benzene rings is 2. The number of halogens is 1. The Bertz CT molecular complexity index is 742. The molecule has 0 saturated carbocycles. The smallest absolute Gasteiger partial charge is 0.153 e. The Balaban J connectivity index is 0.00000126. The van der Waals surface area contributed by atoms with E-state index < -0.39 is 0 Å². The van der Waals surface area contributed by atoms with Crippen LogP contribution in [-0.2, 0) is 0 Å². The van der Waals surface area contributed by atoms with Crippen molar-refractivity contribution in [1.29, 1.82) is 0 Å². The zero-order valence-electron chi connectivity index (χ0n) is 15.4. The highest BCUT2D eigenvalue weighted by atomic mass is 79.9. The molecule has 0 atom stereocenters. The molecule has 2 N–H and O–H groups in total. The number of piperidine rings is 1. The second-order valence-corrected chi connectivity index (χ2v) is 7.07. The zero-order valence-corrected chi connectivity index (χ0v) is 17.0. The van der Waals surface area contributed by atoms with Gasteiger partial charge in [0.25, 0.3) is 0 Å². The van der Waals surface area contributed by atoms with Gasteiger partial charge in [0.05, 0.1) is 12.2 Å². The van der Waals surface area contributed by atoms with Gasteiger partial charge in [-0.25, -0.2) is 0 Å². The molecule has 1 heterocycles. The summed E-state index contributed by atoms with van der Waals surface area (Å²) in [7, 11) is 1.50. The minimum atomic E-state index is 0.494. The Morgan fingerprint density at radius 3 is 2.33 bits per heavy atom. The first-order valence-corrected chi connectivity index (χ1v) is 9.75. The Hall–Kier alpha value is -2.18. The van der Waals surface area contributed by atoms with Gasteiger partial charge < -0.3 is 15.4 Å². The highest BCUT2D eigenvalue weighted by Crippen LogP contribution is 2.30. The van der Waals surface area contributed by atoms with Gasteiger partial charge in [0, 0.05) is 28.8 Å². The number of carbonyl (C=O) groups excluding carboxylic acids is 2. The van der Waals surface area contributed by atoms with Crippen molar-refractivity contribution in [2.75, 3.05) is 31.6 Å². The molecule has 2 aromatic carbocycles. The van der Waals surface area contributed by atoms with Crippen LogP contribution in [0.4, 0.5) is 5.69 Å². The van der Waals surface area contributed by atoms with Crippen LogP contribution in [-0.4, -0.2) is 39.3 Å². The number of hydrogen-bond donors (Lipinski definition) is 1. The first-order chi connectivity index (χ1) is 13.2. The fourth-order valence-electron chi connectivity index (χ4n) is 3.12. The molecule has 3 rings (SSSR count). The van der Waals surface area contributed by atoms with Crippen LogP contribution in [0, 0.1) is 5.92 Å². The highest BCUT2D eigenvalue weighted by Gasteiger charge is 2.22. The average Bonchev–Trinajstić information content (AvgIpc) is 2.74. The number of ether oxygens (including phenoxy) is 1. The van der Waals surface area contributed by atoms with Crippen LogP contribution >= 0.6 is 15.9 Å². The summed E-state index contributed by atoms with van der Waals surface area (Å²) in [5.41, 5.74) is 6.86. The van der Waals surface area contributed by atoms with Gasteiger partial charge >= 0.3 is 0 Å². The molecular weight excluding hydrogens is 408 g/mol. The van der Waals surface area contributed by atoms with Gasteiger partial charge in [-0.2, -0.15) is 0 Å². The first kappa shape index (κ1) is 21.1. The van der Waals surface area contributed by atoms with E-state index in [-0.39, 0.29) is 0 Å². The molecule has 0 radical (unpaired) electrons. The van der Waals surface area contributed by atoms with E-state index in [0.29, 0.717) is 23.7 Å². The SMILES string of the molecule is CN.O=Cc1ccc(OCC2CCN(c3cccc(Br)c3C=O)CC2)cc1. The maximum absolute atomic E-state index is 11.4. The molecule has 0 spiro atoms. The van der Waals surface area contributed by atoms with Crippen molar-refractivity contribution < 1.29 is 14.3 Å². The lowest BCUT2D eigenvalue weighted by Gasteiger charge is -2.34. The third kappa shape index (κ3) is 5.65.